The van der Waals surface area contributed by atoms with E-state index in [4.69, 9.17) is 15.2 Å². The van der Waals surface area contributed by atoms with Gasteiger partial charge in [0.15, 0.2) is 0 Å². The molecule has 2 rings (SSSR count). The normalized spacial score (nSPS) is 18.9. The molecule has 20 heavy (non-hydrogen) atoms. The smallest absolute Gasteiger partial charge is 0.410 e. The number of nitrogens with two attached hydrogens (primary N) is 1. The van der Waals surface area contributed by atoms with Crippen LogP contribution in [0.4, 0.5) is 10.6 Å². The van der Waals surface area contributed by atoms with Gasteiger partial charge < -0.3 is 20.1 Å². The summed E-state index contributed by atoms with van der Waals surface area (Å²) in [7, 11) is 0. The minimum Gasteiger partial charge on any atom is -0.471 e. The van der Waals surface area contributed by atoms with E-state index in [1.807, 2.05) is 20.8 Å². The van der Waals surface area contributed by atoms with Crippen LogP contribution in [0.3, 0.4) is 0 Å². The van der Waals surface area contributed by atoms with Gasteiger partial charge in [0.2, 0.25) is 5.88 Å². The summed E-state index contributed by atoms with van der Waals surface area (Å²) in [5.74, 6) is 0.686. The number of rotatable bonds is 2. The van der Waals surface area contributed by atoms with Crippen LogP contribution >= 0.6 is 0 Å². The highest BCUT2D eigenvalue weighted by molar-refractivity contribution is 5.68. The first-order valence-corrected chi connectivity index (χ1v) is 6.55. The van der Waals surface area contributed by atoms with Gasteiger partial charge in [-0.25, -0.2) is 4.79 Å². The molecule has 0 saturated carbocycles. The van der Waals surface area contributed by atoms with E-state index in [1.165, 1.54) is 12.4 Å². The Bertz CT molecular complexity index is 487. The van der Waals surface area contributed by atoms with Crippen molar-refractivity contribution in [3.63, 3.8) is 0 Å². The lowest BCUT2D eigenvalue weighted by molar-refractivity contribution is 0.0275. The largest absolute Gasteiger partial charge is 0.471 e. The molecule has 0 radical (unpaired) electrons. The Hall–Kier alpha value is -2.05. The molecule has 1 saturated heterocycles. The molecule has 1 aromatic heterocycles. The summed E-state index contributed by atoms with van der Waals surface area (Å²) in [6.45, 7) is 6.62. The first kappa shape index (κ1) is 14.4. The van der Waals surface area contributed by atoms with Crippen LogP contribution in [0.2, 0.25) is 0 Å². The number of hydrogen-bond donors (Lipinski definition) is 1. The molecule has 0 aliphatic carbocycles. The summed E-state index contributed by atoms with van der Waals surface area (Å²) >= 11 is 0. The van der Waals surface area contributed by atoms with Crippen LogP contribution in [-0.2, 0) is 4.74 Å². The summed E-state index contributed by atoms with van der Waals surface area (Å²) in [5.41, 5.74) is 5.05. The van der Waals surface area contributed by atoms with E-state index in [2.05, 4.69) is 9.97 Å². The van der Waals surface area contributed by atoms with Gasteiger partial charge in [-0.15, -0.1) is 0 Å². The first-order valence-electron chi connectivity index (χ1n) is 6.55. The highest BCUT2D eigenvalue weighted by Crippen LogP contribution is 2.19. The maximum absolute atomic E-state index is 11.9. The van der Waals surface area contributed by atoms with Crippen molar-refractivity contribution in [2.45, 2.75) is 38.9 Å². The molecule has 1 amide bonds. The van der Waals surface area contributed by atoms with Crippen molar-refractivity contribution >= 4 is 11.9 Å². The Morgan fingerprint density at radius 1 is 1.45 bits per heavy atom. The lowest BCUT2D eigenvalue weighted by Gasteiger charge is -2.24. The van der Waals surface area contributed by atoms with Gasteiger partial charge in [-0.3, -0.25) is 4.98 Å². The third-order valence-electron chi connectivity index (χ3n) is 2.72. The van der Waals surface area contributed by atoms with Crippen LogP contribution in [0.25, 0.3) is 0 Å². The molecule has 110 valence electrons. The van der Waals surface area contributed by atoms with E-state index in [9.17, 15) is 4.79 Å². The summed E-state index contributed by atoms with van der Waals surface area (Å²) in [6.07, 6.45) is 3.26. The third kappa shape index (κ3) is 3.97. The average molecular weight is 280 g/mol. The van der Waals surface area contributed by atoms with Crippen LogP contribution in [0.15, 0.2) is 12.4 Å². The second kappa shape index (κ2) is 5.52. The highest BCUT2D eigenvalue weighted by atomic mass is 16.6. The van der Waals surface area contributed by atoms with Crippen molar-refractivity contribution in [3.05, 3.63) is 12.4 Å². The van der Waals surface area contributed by atoms with Crippen LogP contribution in [0, 0.1) is 0 Å². The van der Waals surface area contributed by atoms with Gasteiger partial charge in [0.1, 0.15) is 17.5 Å². The number of ether oxygens (including phenoxy) is 2. The summed E-state index contributed by atoms with van der Waals surface area (Å²) in [4.78, 5) is 21.5. The van der Waals surface area contributed by atoms with Crippen LogP contribution < -0.4 is 10.5 Å². The minimum absolute atomic E-state index is 0.112. The van der Waals surface area contributed by atoms with E-state index in [0.717, 1.165) is 6.42 Å². The Morgan fingerprint density at radius 3 is 2.85 bits per heavy atom. The fourth-order valence-corrected chi connectivity index (χ4v) is 1.91. The average Bonchev–Trinajstić information content (AvgIpc) is 2.75. The predicted octanol–water partition coefficient (Wildman–Crippen LogP) is 1.45. The zero-order chi connectivity index (χ0) is 14.8. The molecule has 0 aromatic carbocycles. The minimum atomic E-state index is -0.491. The Morgan fingerprint density at radius 2 is 2.20 bits per heavy atom. The number of likely N-dealkylation sites (tertiary alicyclic amines) is 1. The maximum Gasteiger partial charge on any atom is 0.410 e. The van der Waals surface area contributed by atoms with Gasteiger partial charge in [-0.2, -0.15) is 4.98 Å². The first-order chi connectivity index (χ1) is 9.33. The van der Waals surface area contributed by atoms with E-state index in [0.29, 0.717) is 24.8 Å². The van der Waals surface area contributed by atoms with Crippen LogP contribution in [0.5, 0.6) is 5.88 Å². The topological polar surface area (TPSA) is 90.6 Å². The van der Waals surface area contributed by atoms with E-state index in [-0.39, 0.29) is 12.2 Å². The fourth-order valence-electron chi connectivity index (χ4n) is 1.91. The lowest BCUT2D eigenvalue weighted by Crippen LogP contribution is -2.36. The van der Waals surface area contributed by atoms with Crippen molar-refractivity contribution in [1.29, 1.82) is 0 Å². The van der Waals surface area contributed by atoms with Gasteiger partial charge in [-0.05, 0) is 20.8 Å². The monoisotopic (exact) mass is 280 g/mol. The molecule has 7 heteroatoms. The molecule has 1 aliphatic heterocycles. The summed E-state index contributed by atoms with van der Waals surface area (Å²) in [5, 5.41) is 0. The number of nitrogens with zero attached hydrogens (tertiary/aromatic N) is 3. The predicted molar refractivity (Wildman–Crippen MR) is 73.3 cm³/mol. The molecule has 0 bridgehead atoms. The van der Waals surface area contributed by atoms with Gasteiger partial charge in [0, 0.05) is 13.0 Å². The molecule has 0 spiro atoms. The zero-order valence-electron chi connectivity index (χ0n) is 12.0. The SMILES string of the molecule is CC(C)(C)OC(=O)N1CC[C@@H](Oc2cncc(N)n2)C1. The van der Waals surface area contributed by atoms with Crippen LogP contribution in [0.1, 0.15) is 27.2 Å². The number of nitrogen functional groups attached to an aromatic ring is 1. The number of aromatic nitrogens is 2. The van der Waals surface area contributed by atoms with E-state index < -0.39 is 5.60 Å². The van der Waals surface area contributed by atoms with E-state index in [1.54, 1.807) is 4.90 Å². The van der Waals surface area contributed by atoms with E-state index >= 15 is 0 Å². The zero-order valence-corrected chi connectivity index (χ0v) is 12.0. The number of hydrogen-bond acceptors (Lipinski definition) is 6. The molecular weight excluding hydrogens is 260 g/mol. The fraction of sp³-hybridized carbons (Fsp3) is 0.615. The van der Waals surface area contributed by atoms with Crippen molar-refractivity contribution in [2.75, 3.05) is 18.8 Å². The van der Waals surface area contributed by atoms with Gasteiger partial charge in [0.05, 0.1) is 18.9 Å². The molecule has 0 unspecified atom stereocenters. The van der Waals surface area contributed by atoms with Gasteiger partial charge in [-0.1, -0.05) is 0 Å². The van der Waals surface area contributed by atoms with Crippen molar-refractivity contribution in [2.24, 2.45) is 0 Å². The number of anilines is 1. The number of carbonyl (C=O) groups is 1. The Balaban J connectivity index is 1.88. The summed E-state index contributed by atoms with van der Waals surface area (Å²) in [6, 6.07) is 0. The number of amides is 1. The Kier molecular flexibility index (Phi) is 3.96. The van der Waals surface area contributed by atoms with Gasteiger partial charge >= 0.3 is 6.09 Å². The molecule has 1 fully saturated rings. The van der Waals surface area contributed by atoms with Crippen molar-refractivity contribution in [3.8, 4) is 5.88 Å². The Labute approximate surface area is 118 Å². The molecule has 7 nitrogen and oxygen atoms in total. The van der Waals surface area contributed by atoms with Crippen LogP contribution in [-0.4, -0.2) is 45.8 Å². The highest BCUT2D eigenvalue weighted by Gasteiger charge is 2.31. The lowest BCUT2D eigenvalue weighted by atomic mass is 10.2. The maximum atomic E-state index is 11.9. The quantitative estimate of drug-likeness (QED) is 0.881. The third-order valence-corrected chi connectivity index (χ3v) is 2.72. The molecule has 2 heterocycles. The second-order valence-corrected chi connectivity index (χ2v) is 5.74. The molecule has 1 atom stereocenters. The molecular formula is C13H20N4O3. The van der Waals surface area contributed by atoms with Crippen molar-refractivity contribution in [1.82, 2.24) is 14.9 Å². The van der Waals surface area contributed by atoms with Crippen molar-refractivity contribution < 1.29 is 14.3 Å². The van der Waals surface area contributed by atoms with Gasteiger partial charge in [0.25, 0.3) is 0 Å². The summed E-state index contributed by atoms with van der Waals surface area (Å²) < 4.78 is 11.0. The molecule has 1 aromatic rings. The molecule has 2 N–H and O–H groups in total. The standard InChI is InChI=1S/C13H20N4O3/c1-13(2,3)20-12(18)17-5-4-9(8-17)19-11-7-15-6-10(14)16-11/h6-7,9H,4-5,8H2,1-3H3,(H2,14,16)/t9-/m1/s1. The second-order valence-electron chi connectivity index (χ2n) is 5.74. The number of carbonyl (C=O) groups excluding carboxylic acids is 1. The molecule has 1 aliphatic rings.